The standard InChI is InChI=1S/C11H18BrN3O2/c1-8-9(12)2-3-10(11(8)13)15(14)4-6-17-7-5-16/h2-3,16H,4-7,13-14H2,1H3. The van der Waals surface area contributed by atoms with Gasteiger partial charge >= 0.3 is 0 Å². The summed E-state index contributed by atoms with van der Waals surface area (Å²) in [6.45, 7) is 3.24. The van der Waals surface area contributed by atoms with E-state index in [4.69, 9.17) is 21.4 Å². The number of hydrogen-bond donors (Lipinski definition) is 3. The van der Waals surface area contributed by atoms with Crippen LogP contribution in [0.1, 0.15) is 5.56 Å². The largest absolute Gasteiger partial charge is 0.397 e. The molecule has 96 valence electrons. The van der Waals surface area contributed by atoms with Crippen molar-refractivity contribution in [3.05, 3.63) is 22.2 Å². The van der Waals surface area contributed by atoms with Gasteiger partial charge < -0.3 is 20.6 Å². The fourth-order valence-corrected chi connectivity index (χ4v) is 1.73. The molecule has 1 rings (SSSR count). The summed E-state index contributed by atoms with van der Waals surface area (Å²) >= 11 is 3.41. The van der Waals surface area contributed by atoms with Crippen LogP contribution < -0.4 is 16.6 Å². The van der Waals surface area contributed by atoms with Gasteiger partial charge in [0.2, 0.25) is 0 Å². The number of benzene rings is 1. The zero-order chi connectivity index (χ0) is 12.8. The number of halogens is 1. The van der Waals surface area contributed by atoms with Crippen LogP contribution in [0.4, 0.5) is 11.4 Å². The van der Waals surface area contributed by atoms with Crippen LogP contribution in [0.2, 0.25) is 0 Å². The Bertz CT molecular complexity index is 374. The molecule has 0 heterocycles. The first-order valence-electron chi connectivity index (χ1n) is 5.33. The van der Waals surface area contributed by atoms with Crippen molar-refractivity contribution in [3.8, 4) is 0 Å². The second-order valence-electron chi connectivity index (χ2n) is 3.63. The summed E-state index contributed by atoms with van der Waals surface area (Å²) in [5, 5.41) is 10.1. The van der Waals surface area contributed by atoms with Crippen LogP contribution in [0, 0.1) is 6.92 Å². The van der Waals surface area contributed by atoms with Gasteiger partial charge in [-0.05, 0) is 24.6 Å². The average Bonchev–Trinajstić information content (AvgIpc) is 2.31. The summed E-state index contributed by atoms with van der Waals surface area (Å²) in [6, 6.07) is 3.77. The summed E-state index contributed by atoms with van der Waals surface area (Å²) in [4.78, 5) is 0. The highest BCUT2D eigenvalue weighted by Gasteiger charge is 2.09. The van der Waals surface area contributed by atoms with E-state index < -0.39 is 0 Å². The van der Waals surface area contributed by atoms with Gasteiger partial charge in [0.05, 0.1) is 37.7 Å². The number of aliphatic hydroxyl groups excluding tert-OH is 1. The number of aliphatic hydroxyl groups is 1. The quantitative estimate of drug-likeness (QED) is 0.316. The smallest absolute Gasteiger partial charge is 0.0751 e. The molecule has 0 unspecified atom stereocenters. The van der Waals surface area contributed by atoms with E-state index in [0.717, 1.165) is 15.7 Å². The normalized spacial score (nSPS) is 10.6. The Labute approximate surface area is 109 Å². The lowest BCUT2D eigenvalue weighted by Gasteiger charge is -2.21. The highest BCUT2D eigenvalue weighted by molar-refractivity contribution is 9.10. The highest BCUT2D eigenvalue weighted by atomic mass is 79.9. The third-order valence-electron chi connectivity index (χ3n) is 2.45. The number of hydrazine groups is 1. The van der Waals surface area contributed by atoms with Crippen molar-refractivity contribution in [1.29, 1.82) is 0 Å². The maximum atomic E-state index is 8.56. The van der Waals surface area contributed by atoms with Crippen molar-refractivity contribution < 1.29 is 9.84 Å². The molecule has 0 atom stereocenters. The Morgan fingerprint density at radius 3 is 2.76 bits per heavy atom. The molecule has 0 saturated heterocycles. The zero-order valence-corrected chi connectivity index (χ0v) is 11.4. The molecule has 0 amide bonds. The molecule has 0 spiro atoms. The van der Waals surface area contributed by atoms with E-state index in [2.05, 4.69) is 15.9 Å². The van der Waals surface area contributed by atoms with Gasteiger partial charge in [-0.1, -0.05) is 15.9 Å². The molecule has 0 aliphatic rings. The van der Waals surface area contributed by atoms with E-state index in [1.165, 1.54) is 0 Å². The molecule has 5 nitrogen and oxygen atoms in total. The summed E-state index contributed by atoms with van der Waals surface area (Å²) < 4.78 is 6.11. The molecule has 6 heteroatoms. The average molecular weight is 304 g/mol. The second-order valence-corrected chi connectivity index (χ2v) is 4.49. The summed E-state index contributed by atoms with van der Waals surface area (Å²) in [7, 11) is 0. The number of nitrogens with two attached hydrogens (primary N) is 2. The van der Waals surface area contributed by atoms with E-state index in [1.807, 2.05) is 19.1 Å². The van der Waals surface area contributed by atoms with Gasteiger partial charge in [-0.15, -0.1) is 0 Å². The number of anilines is 2. The molecule has 0 aliphatic heterocycles. The van der Waals surface area contributed by atoms with Gasteiger partial charge in [0.25, 0.3) is 0 Å². The molecule has 0 aromatic heterocycles. The van der Waals surface area contributed by atoms with Crippen molar-refractivity contribution in [3.63, 3.8) is 0 Å². The van der Waals surface area contributed by atoms with E-state index in [0.29, 0.717) is 25.4 Å². The van der Waals surface area contributed by atoms with Gasteiger partial charge in [-0.25, -0.2) is 5.84 Å². The van der Waals surface area contributed by atoms with Crippen molar-refractivity contribution in [2.45, 2.75) is 6.92 Å². The monoisotopic (exact) mass is 303 g/mol. The van der Waals surface area contributed by atoms with Crippen LogP contribution in [0.15, 0.2) is 16.6 Å². The molecule has 1 aromatic carbocycles. The van der Waals surface area contributed by atoms with Gasteiger partial charge in [0.1, 0.15) is 0 Å². The molecular formula is C11H18BrN3O2. The molecular weight excluding hydrogens is 286 g/mol. The highest BCUT2D eigenvalue weighted by Crippen LogP contribution is 2.30. The number of nitrogen functional groups attached to an aromatic ring is 1. The van der Waals surface area contributed by atoms with E-state index in [9.17, 15) is 0 Å². The van der Waals surface area contributed by atoms with E-state index in [1.54, 1.807) is 5.01 Å². The van der Waals surface area contributed by atoms with Crippen molar-refractivity contribution in [1.82, 2.24) is 0 Å². The predicted octanol–water partition coefficient (Wildman–Crippen LogP) is 1.03. The molecule has 1 aromatic rings. The summed E-state index contributed by atoms with van der Waals surface area (Å²) in [5.74, 6) is 5.89. The van der Waals surface area contributed by atoms with E-state index >= 15 is 0 Å². The van der Waals surface area contributed by atoms with Crippen molar-refractivity contribution in [2.24, 2.45) is 5.84 Å². The van der Waals surface area contributed by atoms with Crippen LogP contribution in [0.3, 0.4) is 0 Å². The Balaban J connectivity index is 2.63. The van der Waals surface area contributed by atoms with Crippen molar-refractivity contribution in [2.75, 3.05) is 37.1 Å². The molecule has 0 saturated carbocycles. The molecule has 17 heavy (non-hydrogen) atoms. The Kier molecular flexibility index (Phi) is 5.70. The zero-order valence-electron chi connectivity index (χ0n) is 9.82. The lowest BCUT2D eigenvalue weighted by Crippen LogP contribution is -2.35. The Hall–Kier alpha value is -0.820. The van der Waals surface area contributed by atoms with Gasteiger partial charge in [-0.3, -0.25) is 0 Å². The second kappa shape index (κ2) is 6.80. The molecule has 0 radical (unpaired) electrons. The fourth-order valence-electron chi connectivity index (χ4n) is 1.39. The minimum atomic E-state index is 0.0180. The predicted molar refractivity (Wildman–Crippen MR) is 72.7 cm³/mol. The summed E-state index contributed by atoms with van der Waals surface area (Å²) in [5.41, 5.74) is 8.38. The van der Waals surface area contributed by atoms with Crippen LogP contribution >= 0.6 is 15.9 Å². The van der Waals surface area contributed by atoms with Crippen LogP contribution in [0.25, 0.3) is 0 Å². The van der Waals surface area contributed by atoms with Crippen molar-refractivity contribution >= 4 is 27.3 Å². The third kappa shape index (κ3) is 3.85. The topological polar surface area (TPSA) is 84.7 Å². The Morgan fingerprint density at radius 1 is 1.41 bits per heavy atom. The first kappa shape index (κ1) is 14.2. The molecule has 0 bridgehead atoms. The SMILES string of the molecule is Cc1c(Br)ccc(N(N)CCOCCO)c1N. The summed E-state index contributed by atoms with van der Waals surface area (Å²) in [6.07, 6.45) is 0. The van der Waals surface area contributed by atoms with Crippen LogP contribution in [0.5, 0.6) is 0 Å². The first-order chi connectivity index (χ1) is 8.07. The van der Waals surface area contributed by atoms with Crippen LogP contribution in [-0.2, 0) is 4.74 Å². The fraction of sp³-hybridized carbons (Fsp3) is 0.455. The first-order valence-corrected chi connectivity index (χ1v) is 6.12. The maximum Gasteiger partial charge on any atom is 0.0751 e. The maximum absolute atomic E-state index is 8.56. The lowest BCUT2D eigenvalue weighted by molar-refractivity contribution is 0.0967. The van der Waals surface area contributed by atoms with Gasteiger partial charge in [-0.2, -0.15) is 0 Å². The van der Waals surface area contributed by atoms with E-state index in [-0.39, 0.29) is 6.61 Å². The minimum absolute atomic E-state index is 0.0180. The Morgan fingerprint density at radius 2 is 2.12 bits per heavy atom. The number of ether oxygens (including phenoxy) is 1. The lowest BCUT2D eigenvalue weighted by atomic mass is 10.1. The number of hydrogen-bond acceptors (Lipinski definition) is 5. The van der Waals surface area contributed by atoms with Crippen LogP contribution in [-0.4, -0.2) is 31.5 Å². The number of rotatable bonds is 6. The number of nitrogens with zero attached hydrogens (tertiary/aromatic N) is 1. The van der Waals surface area contributed by atoms with Gasteiger partial charge in [0.15, 0.2) is 0 Å². The molecule has 0 aliphatic carbocycles. The molecule has 0 fully saturated rings. The minimum Gasteiger partial charge on any atom is -0.397 e. The van der Waals surface area contributed by atoms with Gasteiger partial charge in [0, 0.05) is 4.47 Å². The third-order valence-corrected chi connectivity index (χ3v) is 3.31. The molecule has 5 N–H and O–H groups in total.